The SMILES string of the molecule is CC(=O)Nc1ccc(C)c(N2C(=O)c3ccccc3C2=O)c1. The number of aryl methyl sites for hydroxylation is 1. The van der Waals surface area contributed by atoms with Crippen LogP contribution in [-0.4, -0.2) is 17.7 Å². The number of hydrogen-bond donors (Lipinski definition) is 1. The van der Waals surface area contributed by atoms with Gasteiger partial charge in [0.2, 0.25) is 5.91 Å². The summed E-state index contributed by atoms with van der Waals surface area (Å²) < 4.78 is 0. The lowest BCUT2D eigenvalue weighted by molar-refractivity contribution is -0.114. The normalized spacial score (nSPS) is 13.3. The van der Waals surface area contributed by atoms with Crippen molar-refractivity contribution in [2.24, 2.45) is 0 Å². The zero-order valence-electron chi connectivity index (χ0n) is 12.2. The Morgan fingerprint density at radius 3 is 2.14 bits per heavy atom. The molecule has 2 aromatic carbocycles. The third-order valence-corrected chi connectivity index (χ3v) is 3.56. The summed E-state index contributed by atoms with van der Waals surface area (Å²) in [5, 5.41) is 2.66. The molecule has 5 heteroatoms. The van der Waals surface area contributed by atoms with E-state index < -0.39 is 0 Å². The van der Waals surface area contributed by atoms with Crippen molar-refractivity contribution in [3.05, 3.63) is 59.2 Å². The van der Waals surface area contributed by atoms with Crippen LogP contribution in [0.25, 0.3) is 0 Å². The zero-order chi connectivity index (χ0) is 15.9. The fraction of sp³-hybridized carbons (Fsp3) is 0.118. The number of benzene rings is 2. The third kappa shape index (κ3) is 2.16. The maximum atomic E-state index is 12.5. The van der Waals surface area contributed by atoms with Crippen molar-refractivity contribution in [3.8, 4) is 0 Å². The van der Waals surface area contributed by atoms with Gasteiger partial charge in [0.05, 0.1) is 16.8 Å². The second-order valence-electron chi connectivity index (χ2n) is 5.17. The summed E-state index contributed by atoms with van der Waals surface area (Å²) in [6.45, 7) is 3.22. The molecule has 0 aliphatic carbocycles. The first-order valence-electron chi connectivity index (χ1n) is 6.85. The molecule has 0 radical (unpaired) electrons. The first kappa shape index (κ1) is 14.0. The van der Waals surface area contributed by atoms with Gasteiger partial charge in [-0.1, -0.05) is 18.2 Å². The van der Waals surface area contributed by atoms with Gasteiger partial charge in [-0.2, -0.15) is 0 Å². The summed E-state index contributed by atoms with van der Waals surface area (Å²) in [6.07, 6.45) is 0. The molecule has 1 aliphatic heterocycles. The Bertz CT molecular complexity index is 776. The Morgan fingerprint density at radius 1 is 1.00 bits per heavy atom. The topological polar surface area (TPSA) is 66.5 Å². The second kappa shape index (κ2) is 5.11. The van der Waals surface area contributed by atoms with Crippen molar-refractivity contribution in [3.63, 3.8) is 0 Å². The molecule has 0 saturated carbocycles. The van der Waals surface area contributed by atoms with E-state index in [4.69, 9.17) is 0 Å². The minimum atomic E-state index is -0.344. The molecule has 0 spiro atoms. The molecule has 5 nitrogen and oxygen atoms in total. The third-order valence-electron chi connectivity index (χ3n) is 3.56. The molecule has 0 aromatic heterocycles. The summed E-state index contributed by atoms with van der Waals surface area (Å²) in [6, 6.07) is 11.9. The number of anilines is 2. The van der Waals surface area contributed by atoms with Crippen LogP contribution in [0.2, 0.25) is 0 Å². The standard InChI is InChI=1S/C17H14N2O3/c1-10-7-8-12(18-11(2)20)9-15(10)19-16(21)13-5-3-4-6-14(13)17(19)22/h3-9H,1-2H3,(H,18,20). The number of rotatable bonds is 2. The fourth-order valence-corrected chi connectivity index (χ4v) is 2.54. The minimum Gasteiger partial charge on any atom is -0.326 e. The molecule has 22 heavy (non-hydrogen) atoms. The van der Waals surface area contributed by atoms with Gasteiger partial charge in [0.15, 0.2) is 0 Å². The molecule has 3 amide bonds. The van der Waals surface area contributed by atoms with Gasteiger partial charge in [0.25, 0.3) is 11.8 Å². The van der Waals surface area contributed by atoms with Crippen molar-refractivity contribution in [2.75, 3.05) is 10.2 Å². The lowest BCUT2D eigenvalue weighted by Gasteiger charge is -2.18. The molecular weight excluding hydrogens is 280 g/mol. The molecular formula is C17H14N2O3. The van der Waals surface area contributed by atoms with E-state index in [2.05, 4.69) is 5.32 Å². The second-order valence-corrected chi connectivity index (χ2v) is 5.17. The van der Waals surface area contributed by atoms with E-state index in [0.29, 0.717) is 22.5 Å². The van der Waals surface area contributed by atoms with Gasteiger partial charge < -0.3 is 5.32 Å². The predicted molar refractivity (Wildman–Crippen MR) is 83.1 cm³/mol. The van der Waals surface area contributed by atoms with Gasteiger partial charge in [-0.25, -0.2) is 4.90 Å². The molecule has 0 saturated heterocycles. The number of fused-ring (bicyclic) bond motifs is 1. The molecule has 1 aliphatic rings. The highest BCUT2D eigenvalue weighted by Crippen LogP contribution is 2.32. The summed E-state index contributed by atoms with van der Waals surface area (Å²) in [5.41, 5.74) is 2.61. The van der Waals surface area contributed by atoms with Crippen LogP contribution in [0.15, 0.2) is 42.5 Å². The van der Waals surface area contributed by atoms with Crippen molar-refractivity contribution < 1.29 is 14.4 Å². The lowest BCUT2D eigenvalue weighted by atomic mass is 10.1. The Morgan fingerprint density at radius 2 is 1.59 bits per heavy atom. The van der Waals surface area contributed by atoms with E-state index in [0.717, 1.165) is 10.5 Å². The van der Waals surface area contributed by atoms with Crippen LogP contribution in [0.1, 0.15) is 33.2 Å². The van der Waals surface area contributed by atoms with Crippen LogP contribution < -0.4 is 10.2 Å². The molecule has 110 valence electrons. The average molecular weight is 294 g/mol. The van der Waals surface area contributed by atoms with Crippen molar-refractivity contribution in [2.45, 2.75) is 13.8 Å². The highest BCUT2D eigenvalue weighted by atomic mass is 16.2. The van der Waals surface area contributed by atoms with Gasteiger partial charge in [-0.15, -0.1) is 0 Å². The van der Waals surface area contributed by atoms with Gasteiger partial charge in [-0.3, -0.25) is 14.4 Å². The molecule has 1 N–H and O–H groups in total. The molecule has 1 heterocycles. The van der Waals surface area contributed by atoms with E-state index in [-0.39, 0.29) is 17.7 Å². The number of amides is 3. The fourth-order valence-electron chi connectivity index (χ4n) is 2.54. The van der Waals surface area contributed by atoms with E-state index in [1.165, 1.54) is 6.92 Å². The molecule has 0 fully saturated rings. The van der Waals surface area contributed by atoms with Gasteiger partial charge in [0.1, 0.15) is 0 Å². The molecule has 0 bridgehead atoms. The van der Waals surface area contributed by atoms with Gasteiger partial charge in [-0.05, 0) is 36.8 Å². The number of carbonyl (C=O) groups excluding carboxylic acids is 3. The van der Waals surface area contributed by atoms with E-state index in [9.17, 15) is 14.4 Å². The number of imide groups is 1. The minimum absolute atomic E-state index is 0.211. The Kier molecular flexibility index (Phi) is 3.25. The Balaban J connectivity index is 2.07. The number of nitrogens with zero attached hydrogens (tertiary/aromatic N) is 1. The summed E-state index contributed by atoms with van der Waals surface area (Å²) in [7, 11) is 0. The monoisotopic (exact) mass is 294 g/mol. The van der Waals surface area contributed by atoms with Crippen LogP contribution in [0.4, 0.5) is 11.4 Å². The molecule has 2 aromatic rings. The zero-order valence-corrected chi connectivity index (χ0v) is 12.2. The van der Waals surface area contributed by atoms with Crippen LogP contribution in [-0.2, 0) is 4.79 Å². The van der Waals surface area contributed by atoms with Crippen molar-refractivity contribution >= 4 is 29.1 Å². The number of carbonyl (C=O) groups is 3. The van der Waals surface area contributed by atoms with E-state index in [1.807, 2.05) is 6.92 Å². The molecule has 3 rings (SSSR count). The van der Waals surface area contributed by atoms with Crippen molar-refractivity contribution in [1.29, 1.82) is 0 Å². The van der Waals surface area contributed by atoms with Crippen LogP contribution in [0.5, 0.6) is 0 Å². The number of nitrogens with one attached hydrogen (secondary N) is 1. The summed E-state index contributed by atoms with van der Waals surface area (Å²) >= 11 is 0. The maximum Gasteiger partial charge on any atom is 0.266 e. The maximum absolute atomic E-state index is 12.5. The van der Waals surface area contributed by atoms with E-state index >= 15 is 0 Å². The Labute approximate surface area is 127 Å². The summed E-state index contributed by atoms with van der Waals surface area (Å²) in [5.74, 6) is -0.899. The van der Waals surface area contributed by atoms with E-state index in [1.54, 1.807) is 42.5 Å². The largest absolute Gasteiger partial charge is 0.326 e. The quantitative estimate of drug-likeness (QED) is 0.866. The predicted octanol–water partition coefficient (Wildman–Crippen LogP) is 2.75. The van der Waals surface area contributed by atoms with Crippen LogP contribution in [0.3, 0.4) is 0 Å². The first-order valence-corrected chi connectivity index (χ1v) is 6.85. The lowest BCUT2D eigenvalue weighted by Crippen LogP contribution is -2.30. The highest BCUT2D eigenvalue weighted by molar-refractivity contribution is 6.34. The van der Waals surface area contributed by atoms with Crippen LogP contribution in [0, 0.1) is 6.92 Å². The average Bonchev–Trinajstić information content (AvgIpc) is 2.73. The molecule has 0 unspecified atom stereocenters. The number of hydrogen-bond acceptors (Lipinski definition) is 3. The highest BCUT2D eigenvalue weighted by Gasteiger charge is 2.36. The van der Waals surface area contributed by atoms with Crippen LogP contribution >= 0.6 is 0 Å². The smallest absolute Gasteiger partial charge is 0.266 e. The summed E-state index contributed by atoms with van der Waals surface area (Å²) in [4.78, 5) is 37.4. The molecule has 0 atom stereocenters. The first-order chi connectivity index (χ1) is 10.5. The Hall–Kier alpha value is -2.95. The van der Waals surface area contributed by atoms with Crippen molar-refractivity contribution in [1.82, 2.24) is 0 Å². The van der Waals surface area contributed by atoms with Gasteiger partial charge in [0, 0.05) is 12.6 Å². The van der Waals surface area contributed by atoms with Gasteiger partial charge >= 0.3 is 0 Å².